The largest absolute Gasteiger partial charge is 0.465 e. The zero-order chi connectivity index (χ0) is 20.4. The molecule has 4 aromatic rings. The molecule has 0 radical (unpaired) electrons. The molecule has 0 unspecified atom stereocenters. The molecule has 0 saturated heterocycles. The Morgan fingerprint density at radius 2 is 1.48 bits per heavy atom. The van der Waals surface area contributed by atoms with E-state index in [0.29, 0.717) is 6.61 Å². The van der Waals surface area contributed by atoms with Crippen LogP contribution in [0.2, 0.25) is 0 Å². The Morgan fingerprint density at radius 3 is 2.17 bits per heavy atom. The molecule has 0 bridgehead atoms. The monoisotopic (exact) mass is 390 g/mol. The molecule has 4 aromatic carbocycles. The van der Waals surface area contributed by atoms with Gasteiger partial charge in [-0.2, -0.15) is 0 Å². The highest BCUT2D eigenvalue weighted by Gasteiger charge is 2.33. The van der Waals surface area contributed by atoms with Gasteiger partial charge in [0, 0.05) is 0 Å². The number of ether oxygens (including phenoxy) is 1. The van der Waals surface area contributed by atoms with E-state index in [2.05, 4.69) is 54.6 Å². The van der Waals surface area contributed by atoms with E-state index in [1.54, 1.807) is 0 Å². The zero-order valence-electron chi connectivity index (χ0n) is 16.6. The van der Waals surface area contributed by atoms with E-state index in [4.69, 9.17) is 4.74 Å². The molecule has 0 aliphatic carbocycles. The molecule has 4 heteroatoms. The molecule has 150 valence electrons. The maximum atomic E-state index is 12.0. The van der Waals surface area contributed by atoms with E-state index in [0.717, 1.165) is 19.3 Å². The second-order valence-electron chi connectivity index (χ2n) is 8.05. The third kappa shape index (κ3) is 3.54. The number of esters is 1. The highest BCUT2D eigenvalue weighted by atomic mass is 16.5. The van der Waals surface area contributed by atoms with Crippen molar-refractivity contribution in [3.05, 3.63) is 60.2 Å². The normalized spacial score (nSPS) is 12.2. The van der Waals surface area contributed by atoms with E-state index in [-0.39, 0.29) is 0 Å². The van der Waals surface area contributed by atoms with Crippen LogP contribution in [0.1, 0.15) is 25.3 Å². The lowest BCUT2D eigenvalue weighted by Crippen LogP contribution is -2.37. The molecule has 0 heterocycles. The third-order valence-electron chi connectivity index (χ3n) is 5.88. The highest BCUT2D eigenvalue weighted by molar-refractivity contribution is 6.23. The Kier molecular flexibility index (Phi) is 5.39. The summed E-state index contributed by atoms with van der Waals surface area (Å²) in [5.74, 6) is -0.551. The van der Waals surface area contributed by atoms with Crippen LogP contribution in [-0.4, -0.2) is 36.0 Å². The first kappa shape index (κ1) is 19.6. The number of aryl methyl sites for hydroxylation is 1. The van der Waals surface area contributed by atoms with Gasteiger partial charge in [-0.1, -0.05) is 54.6 Å². The van der Waals surface area contributed by atoms with Crippen molar-refractivity contribution in [2.45, 2.75) is 26.2 Å². The summed E-state index contributed by atoms with van der Waals surface area (Å²) in [4.78, 5) is 12.0. The fourth-order valence-electron chi connectivity index (χ4n) is 3.95. The Bertz CT molecular complexity index is 1130. The van der Waals surface area contributed by atoms with E-state index in [9.17, 15) is 15.0 Å². The predicted octanol–water partition coefficient (Wildman–Crippen LogP) is 4.44. The maximum Gasteiger partial charge on any atom is 0.316 e. The Morgan fingerprint density at radius 1 is 0.862 bits per heavy atom. The summed E-state index contributed by atoms with van der Waals surface area (Å²) in [5.41, 5.74) is 0.0733. The lowest BCUT2D eigenvalue weighted by Gasteiger charge is -2.22. The van der Waals surface area contributed by atoms with Gasteiger partial charge in [0.1, 0.15) is 5.41 Å². The van der Waals surface area contributed by atoms with Crippen molar-refractivity contribution in [2.24, 2.45) is 5.41 Å². The van der Waals surface area contributed by atoms with Gasteiger partial charge in [0.2, 0.25) is 0 Å². The van der Waals surface area contributed by atoms with Crippen molar-refractivity contribution >= 4 is 38.3 Å². The molecule has 0 aliphatic rings. The van der Waals surface area contributed by atoms with Crippen LogP contribution in [0.15, 0.2) is 54.6 Å². The van der Waals surface area contributed by atoms with Crippen LogP contribution in [0.4, 0.5) is 0 Å². The van der Waals surface area contributed by atoms with Gasteiger partial charge in [0.15, 0.2) is 0 Å². The van der Waals surface area contributed by atoms with E-state index in [1.165, 1.54) is 44.8 Å². The Labute approximate surface area is 170 Å². The lowest BCUT2D eigenvalue weighted by atomic mass is 9.90. The number of rotatable bonds is 8. The average Bonchev–Trinajstić information content (AvgIpc) is 2.77. The first-order valence-electron chi connectivity index (χ1n) is 10.1. The zero-order valence-corrected chi connectivity index (χ0v) is 16.6. The van der Waals surface area contributed by atoms with Crippen molar-refractivity contribution in [1.82, 2.24) is 0 Å². The summed E-state index contributed by atoms with van der Waals surface area (Å²) >= 11 is 0. The molecular formula is C25H26O4. The summed E-state index contributed by atoms with van der Waals surface area (Å²) in [5, 5.41) is 26.3. The van der Waals surface area contributed by atoms with Crippen molar-refractivity contribution in [3.8, 4) is 0 Å². The van der Waals surface area contributed by atoms with Crippen molar-refractivity contribution in [1.29, 1.82) is 0 Å². The fraction of sp³-hybridized carbons (Fsp3) is 0.320. The first-order valence-corrected chi connectivity index (χ1v) is 10.1. The third-order valence-corrected chi connectivity index (χ3v) is 5.88. The number of aliphatic hydroxyl groups excluding tert-OH is 2. The van der Waals surface area contributed by atoms with Crippen LogP contribution < -0.4 is 0 Å². The van der Waals surface area contributed by atoms with Crippen LogP contribution in [0.25, 0.3) is 32.3 Å². The van der Waals surface area contributed by atoms with Gasteiger partial charge in [-0.25, -0.2) is 0 Å². The molecule has 29 heavy (non-hydrogen) atoms. The number of carbonyl (C=O) groups excluding carboxylic acids is 1. The van der Waals surface area contributed by atoms with Crippen molar-refractivity contribution in [3.63, 3.8) is 0 Å². The quantitative estimate of drug-likeness (QED) is 0.265. The Hall–Kier alpha value is -2.69. The lowest BCUT2D eigenvalue weighted by molar-refractivity contribution is -0.160. The van der Waals surface area contributed by atoms with Gasteiger partial charge in [0.25, 0.3) is 0 Å². The molecule has 2 N–H and O–H groups in total. The van der Waals surface area contributed by atoms with Crippen molar-refractivity contribution in [2.75, 3.05) is 19.8 Å². The topological polar surface area (TPSA) is 66.8 Å². The number of benzene rings is 4. The number of carbonyl (C=O) groups is 1. The Balaban J connectivity index is 1.47. The van der Waals surface area contributed by atoms with E-state index in [1.807, 2.05) is 0 Å². The van der Waals surface area contributed by atoms with Gasteiger partial charge in [-0.15, -0.1) is 0 Å². The molecule has 0 atom stereocenters. The number of hydrogen-bond acceptors (Lipinski definition) is 4. The van der Waals surface area contributed by atoms with Crippen LogP contribution in [0, 0.1) is 5.41 Å². The smallest absolute Gasteiger partial charge is 0.316 e. The summed E-state index contributed by atoms with van der Waals surface area (Å²) in [6.07, 6.45) is 2.54. The van der Waals surface area contributed by atoms with Gasteiger partial charge >= 0.3 is 5.97 Å². The number of unbranched alkanes of at least 4 members (excludes halogenated alkanes) is 1. The molecule has 0 saturated carbocycles. The summed E-state index contributed by atoms with van der Waals surface area (Å²) in [7, 11) is 0. The van der Waals surface area contributed by atoms with E-state index < -0.39 is 24.6 Å². The SMILES string of the molecule is CC(CO)(CO)C(=O)OCCCCc1ccc2ccc3cccc4ccc1c2c34. The summed E-state index contributed by atoms with van der Waals surface area (Å²) in [6, 6.07) is 19.6. The minimum absolute atomic E-state index is 0.292. The average molecular weight is 390 g/mol. The fourth-order valence-corrected chi connectivity index (χ4v) is 3.95. The van der Waals surface area contributed by atoms with Gasteiger partial charge in [-0.3, -0.25) is 4.79 Å². The molecule has 0 amide bonds. The molecular weight excluding hydrogens is 364 g/mol. The van der Waals surface area contributed by atoms with Crippen LogP contribution in [0.5, 0.6) is 0 Å². The van der Waals surface area contributed by atoms with E-state index >= 15 is 0 Å². The second kappa shape index (κ2) is 7.97. The molecule has 0 aliphatic heterocycles. The first-order chi connectivity index (χ1) is 14.1. The molecule has 0 spiro atoms. The molecule has 0 fully saturated rings. The highest BCUT2D eigenvalue weighted by Crippen LogP contribution is 2.36. The van der Waals surface area contributed by atoms with Gasteiger partial charge in [0.05, 0.1) is 19.8 Å². The van der Waals surface area contributed by atoms with Crippen LogP contribution in [-0.2, 0) is 16.0 Å². The number of aliphatic hydroxyl groups is 2. The van der Waals surface area contributed by atoms with Gasteiger partial charge < -0.3 is 14.9 Å². The van der Waals surface area contributed by atoms with Gasteiger partial charge in [-0.05, 0) is 64.1 Å². The molecule has 4 rings (SSSR count). The number of hydrogen-bond donors (Lipinski definition) is 2. The predicted molar refractivity (Wildman–Crippen MR) is 116 cm³/mol. The second-order valence-corrected chi connectivity index (χ2v) is 8.05. The minimum atomic E-state index is -1.23. The van der Waals surface area contributed by atoms with Crippen LogP contribution >= 0.6 is 0 Å². The summed E-state index contributed by atoms with van der Waals surface area (Å²) in [6.45, 7) is 0.941. The minimum Gasteiger partial charge on any atom is -0.465 e. The standard InChI is InChI=1S/C25H26O4/c1-25(15-26,16-27)24(28)29-14-3-2-5-17-8-9-20-11-10-18-6-4-7-19-12-13-21(17)23(20)22(18)19/h4,6-13,26-27H,2-3,5,14-16H2,1H3. The van der Waals surface area contributed by atoms with Crippen molar-refractivity contribution < 1.29 is 19.7 Å². The molecule has 4 nitrogen and oxygen atoms in total. The van der Waals surface area contributed by atoms with Crippen LogP contribution in [0.3, 0.4) is 0 Å². The molecule has 0 aromatic heterocycles. The summed E-state index contributed by atoms with van der Waals surface area (Å²) < 4.78 is 5.25. The maximum absolute atomic E-state index is 12.0.